The Morgan fingerprint density at radius 3 is 2.85 bits per heavy atom. The number of aromatic nitrogens is 2. The van der Waals surface area contributed by atoms with E-state index in [-0.39, 0.29) is 17.7 Å². The minimum absolute atomic E-state index is 0.0528. The molecule has 104 valence electrons. The molecular formula is C13H12FN3O3. The van der Waals surface area contributed by atoms with Gasteiger partial charge in [0.1, 0.15) is 5.82 Å². The summed E-state index contributed by atoms with van der Waals surface area (Å²) in [5.74, 6) is -2.25. The van der Waals surface area contributed by atoms with Gasteiger partial charge in [0, 0.05) is 25.4 Å². The first-order chi connectivity index (χ1) is 9.56. The number of carbonyl (C=O) groups is 2. The summed E-state index contributed by atoms with van der Waals surface area (Å²) in [7, 11) is 0. The molecule has 0 aliphatic heterocycles. The van der Waals surface area contributed by atoms with Crippen LogP contribution >= 0.6 is 0 Å². The number of nitrogens with zero attached hydrogens (tertiary/aromatic N) is 2. The maximum absolute atomic E-state index is 13.1. The van der Waals surface area contributed by atoms with Crippen LogP contribution in [0.1, 0.15) is 16.8 Å². The van der Waals surface area contributed by atoms with Gasteiger partial charge in [-0.1, -0.05) is 0 Å². The fraction of sp³-hybridized carbons (Fsp3) is 0.154. The largest absolute Gasteiger partial charge is 0.478 e. The Balaban J connectivity index is 2.03. The third kappa shape index (κ3) is 3.41. The van der Waals surface area contributed by atoms with Crippen LogP contribution in [-0.4, -0.2) is 26.8 Å². The number of amides is 1. The summed E-state index contributed by atoms with van der Waals surface area (Å²) in [6.07, 6.45) is 3.41. The predicted molar refractivity (Wildman–Crippen MR) is 68.8 cm³/mol. The Hall–Kier alpha value is -2.70. The monoisotopic (exact) mass is 277 g/mol. The molecule has 0 spiro atoms. The van der Waals surface area contributed by atoms with Crippen LogP contribution in [-0.2, 0) is 11.3 Å². The summed E-state index contributed by atoms with van der Waals surface area (Å²) in [6, 6.07) is 4.85. The van der Waals surface area contributed by atoms with Gasteiger partial charge in [-0.2, -0.15) is 5.10 Å². The second-order valence-electron chi connectivity index (χ2n) is 4.06. The number of benzene rings is 1. The average Bonchev–Trinajstić information content (AvgIpc) is 2.89. The number of hydrogen-bond acceptors (Lipinski definition) is 3. The van der Waals surface area contributed by atoms with Crippen molar-refractivity contribution in [1.82, 2.24) is 9.78 Å². The minimum Gasteiger partial charge on any atom is -0.478 e. The number of aromatic carboxylic acids is 1. The highest BCUT2D eigenvalue weighted by molar-refractivity contribution is 6.00. The lowest BCUT2D eigenvalue weighted by Crippen LogP contribution is -2.17. The first-order valence-electron chi connectivity index (χ1n) is 5.86. The van der Waals surface area contributed by atoms with Gasteiger partial charge in [-0.15, -0.1) is 0 Å². The summed E-state index contributed by atoms with van der Waals surface area (Å²) in [6.45, 7) is 0.358. The van der Waals surface area contributed by atoms with Crippen molar-refractivity contribution in [2.75, 3.05) is 5.32 Å². The molecule has 2 rings (SSSR count). The Labute approximate surface area is 113 Å². The van der Waals surface area contributed by atoms with Crippen LogP contribution in [0.15, 0.2) is 36.7 Å². The number of aryl methyl sites for hydroxylation is 1. The molecule has 1 aromatic carbocycles. The van der Waals surface area contributed by atoms with Crippen LogP contribution < -0.4 is 5.32 Å². The highest BCUT2D eigenvalue weighted by atomic mass is 19.1. The van der Waals surface area contributed by atoms with Gasteiger partial charge >= 0.3 is 5.97 Å². The van der Waals surface area contributed by atoms with E-state index in [0.717, 1.165) is 18.2 Å². The zero-order chi connectivity index (χ0) is 14.5. The normalized spacial score (nSPS) is 10.2. The van der Waals surface area contributed by atoms with E-state index in [1.807, 2.05) is 0 Å². The van der Waals surface area contributed by atoms with E-state index in [1.54, 1.807) is 23.1 Å². The van der Waals surface area contributed by atoms with Crippen LogP contribution in [0.2, 0.25) is 0 Å². The molecule has 0 bridgehead atoms. The maximum Gasteiger partial charge on any atom is 0.337 e. The zero-order valence-electron chi connectivity index (χ0n) is 10.4. The third-order valence-electron chi connectivity index (χ3n) is 2.61. The Morgan fingerprint density at radius 2 is 2.20 bits per heavy atom. The zero-order valence-corrected chi connectivity index (χ0v) is 10.4. The number of carboxylic acid groups (broad SMARTS) is 1. The van der Waals surface area contributed by atoms with Crippen LogP contribution in [0.4, 0.5) is 10.1 Å². The number of hydrogen-bond donors (Lipinski definition) is 2. The molecule has 6 nitrogen and oxygen atoms in total. The Bertz CT molecular complexity index is 626. The lowest BCUT2D eigenvalue weighted by Gasteiger charge is -2.08. The summed E-state index contributed by atoms with van der Waals surface area (Å²) in [4.78, 5) is 22.7. The lowest BCUT2D eigenvalue weighted by molar-refractivity contribution is -0.116. The molecule has 2 N–H and O–H groups in total. The van der Waals surface area contributed by atoms with Crippen LogP contribution in [0.3, 0.4) is 0 Å². The number of halogens is 1. The number of carboxylic acids is 1. The number of nitrogens with one attached hydrogen (secondary N) is 1. The fourth-order valence-electron chi connectivity index (χ4n) is 1.67. The fourth-order valence-corrected chi connectivity index (χ4v) is 1.67. The molecule has 0 saturated heterocycles. The van der Waals surface area contributed by atoms with Crippen molar-refractivity contribution in [2.45, 2.75) is 13.0 Å². The molecule has 0 unspecified atom stereocenters. The first kappa shape index (κ1) is 13.7. The SMILES string of the molecule is O=C(CCn1cccn1)Nc1cc(F)ccc1C(=O)O. The van der Waals surface area contributed by atoms with Crippen molar-refractivity contribution in [2.24, 2.45) is 0 Å². The van der Waals surface area contributed by atoms with E-state index < -0.39 is 17.7 Å². The molecule has 0 atom stereocenters. The van der Waals surface area contributed by atoms with E-state index in [0.29, 0.717) is 6.54 Å². The second-order valence-corrected chi connectivity index (χ2v) is 4.06. The van der Waals surface area contributed by atoms with Crippen LogP contribution in [0, 0.1) is 5.82 Å². The molecule has 0 fully saturated rings. The molecule has 1 aromatic heterocycles. The van der Waals surface area contributed by atoms with Crippen molar-refractivity contribution in [3.63, 3.8) is 0 Å². The lowest BCUT2D eigenvalue weighted by atomic mass is 10.1. The number of anilines is 1. The maximum atomic E-state index is 13.1. The predicted octanol–water partition coefficient (Wildman–Crippen LogP) is 1.75. The van der Waals surface area contributed by atoms with Crippen molar-refractivity contribution < 1.29 is 19.1 Å². The van der Waals surface area contributed by atoms with E-state index in [4.69, 9.17) is 5.11 Å². The number of carbonyl (C=O) groups excluding carboxylic acids is 1. The Morgan fingerprint density at radius 1 is 1.40 bits per heavy atom. The molecule has 0 aliphatic rings. The molecule has 7 heteroatoms. The van der Waals surface area contributed by atoms with E-state index >= 15 is 0 Å². The summed E-state index contributed by atoms with van der Waals surface area (Å²) >= 11 is 0. The van der Waals surface area contributed by atoms with Crippen LogP contribution in [0.25, 0.3) is 0 Å². The molecule has 0 radical (unpaired) electrons. The van der Waals surface area contributed by atoms with Crippen molar-refractivity contribution in [3.8, 4) is 0 Å². The topological polar surface area (TPSA) is 84.2 Å². The van der Waals surface area contributed by atoms with Gasteiger partial charge in [0.25, 0.3) is 0 Å². The highest BCUT2D eigenvalue weighted by Crippen LogP contribution is 2.17. The standard InChI is InChI=1S/C13H12FN3O3/c14-9-2-3-10(13(19)20)11(8-9)16-12(18)4-7-17-6-1-5-15-17/h1-3,5-6,8H,4,7H2,(H,16,18)(H,19,20). The van der Waals surface area contributed by atoms with Crippen molar-refractivity contribution in [3.05, 3.63) is 48.0 Å². The summed E-state index contributed by atoms with van der Waals surface area (Å²) < 4.78 is 14.7. The van der Waals surface area contributed by atoms with Crippen molar-refractivity contribution >= 4 is 17.6 Å². The Kier molecular flexibility index (Phi) is 4.09. The van der Waals surface area contributed by atoms with Gasteiger partial charge in [0.05, 0.1) is 11.3 Å². The van der Waals surface area contributed by atoms with Crippen LogP contribution in [0.5, 0.6) is 0 Å². The smallest absolute Gasteiger partial charge is 0.337 e. The van der Waals surface area contributed by atoms with E-state index in [2.05, 4.69) is 10.4 Å². The quantitative estimate of drug-likeness (QED) is 0.872. The molecule has 0 saturated carbocycles. The van der Waals surface area contributed by atoms with E-state index in [1.165, 1.54) is 0 Å². The van der Waals surface area contributed by atoms with Gasteiger partial charge in [-0.05, 0) is 24.3 Å². The van der Waals surface area contributed by atoms with Gasteiger partial charge < -0.3 is 10.4 Å². The average molecular weight is 277 g/mol. The molecule has 20 heavy (non-hydrogen) atoms. The molecule has 0 aliphatic carbocycles. The highest BCUT2D eigenvalue weighted by Gasteiger charge is 2.13. The number of rotatable bonds is 5. The molecule has 1 heterocycles. The van der Waals surface area contributed by atoms with Gasteiger partial charge in [0.2, 0.25) is 5.91 Å². The third-order valence-corrected chi connectivity index (χ3v) is 2.61. The van der Waals surface area contributed by atoms with Gasteiger partial charge in [0.15, 0.2) is 0 Å². The summed E-state index contributed by atoms with van der Waals surface area (Å²) in [5, 5.41) is 15.3. The first-order valence-corrected chi connectivity index (χ1v) is 5.86. The minimum atomic E-state index is -1.23. The second kappa shape index (κ2) is 5.96. The van der Waals surface area contributed by atoms with Gasteiger partial charge in [-0.25, -0.2) is 9.18 Å². The van der Waals surface area contributed by atoms with Crippen molar-refractivity contribution in [1.29, 1.82) is 0 Å². The van der Waals surface area contributed by atoms with Gasteiger partial charge in [-0.3, -0.25) is 9.48 Å². The molecule has 2 aromatic rings. The van der Waals surface area contributed by atoms with E-state index in [9.17, 15) is 14.0 Å². The molecular weight excluding hydrogens is 265 g/mol. The molecule has 1 amide bonds. The summed E-state index contributed by atoms with van der Waals surface area (Å²) in [5.41, 5.74) is -0.207.